The highest BCUT2D eigenvalue weighted by molar-refractivity contribution is 6.34. The van der Waals surface area contributed by atoms with E-state index in [0.717, 1.165) is 17.5 Å². The van der Waals surface area contributed by atoms with Crippen LogP contribution in [0.4, 0.5) is 0 Å². The van der Waals surface area contributed by atoms with Gasteiger partial charge in [0.05, 0.1) is 6.10 Å². The molecule has 0 atom stereocenters. The van der Waals surface area contributed by atoms with E-state index in [4.69, 9.17) is 21.1 Å². The highest BCUT2D eigenvalue weighted by Gasteiger charge is 2.32. The second-order valence-corrected chi connectivity index (χ2v) is 7.89. The summed E-state index contributed by atoms with van der Waals surface area (Å²) < 4.78 is 12.2. The maximum absolute atomic E-state index is 9.21. The first-order valence-electron chi connectivity index (χ1n) is 8.71. The molecule has 0 aromatic heterocycles. The number of aliphatic hydroxyl groups is 1. The number of hydrogen-bond donors (Lipinski definition) is 1. The maximum Gasteiger partial charge on any atom is 0.150 e. The Morgan fingerprint density at radius 2 is 1.92 bits per heavy atom. The Morgan fingerprint density at radius 3 is 2.46 bits per heavy atom. The zero-order chi connectivity index (χ0) is 18.1. The average molecular weight is 353 g/mol. The lowest BCUT2D eigenvalue weighted by Gasteiger charge is -2.34. The molecular weight excluding hydrogens is 324 g/mol. The summed E-state index contributed by atoms with van der Waals surface area (Å²) in [7, 11) is 0. The normalized spacial score (nSPS) is 16.0. The van der Waals surface area contributed by atoms with Gasteiger partial charge < -0.3 is 14.6 Å². The van der Waals surface area contributed by atoms with Gasteiger partial charge >= 0.3 is 0 Å². The van der Waals surface area contributed by atoms with E-state index in [1.54, 1.807) is 0 Å². The number of allylic oxidation sites excluding steroid dienone is 1. The van der Waals surface area contributed by atoms with Gasteiger partial charge in [-0.2, -0.15) is 0 Å². The Kier molecular flexibility index (Phi) is 5.87. The first-order chi connectivity index (χ1) is 11.2. The molecule has 0 radical (unpaired) electrons. The third-order valence-electron chi connectivity index (χ3n) is 4.01. The summed E-state index contributed by atoms with van der Waals surface area (Å²) in [4.78, 5) is 0. The van der Waals surface area contributed by atoms with Crippen LogP contribution in [-0.2, 0) is 6.42 Å². The molecule has 24 heavy (non-hydrogen) atoms. The summed E-state index contributed by atoms with van der Waals surface area (Å²) >= 11 is 6.71. The molecule has 1 aliphatic heterocycles. The van der Waals surface area contributed by atoms with E-state index in [1.807, 2.05) is 27.7 Å². The van der Waals surface area contributed by atoms with Crippen molar-refractivity contribution in [2.75, 3.05) is 6.61 Å². The van der Waals surface area contributed by atoms with Crippen molar-refractivity contribution in [3.8, 4) is 11.5 Å². The summed E-state index contributed by atoms with van der Waals surface area (Å²) in [6.45, 7) is 12.5. The first kappa shape index (κ1) is 19.1. The van der Waals surface area contributed by atoms with Crippen molar-refractivity contribution in [2.24, 2.45) is 5.92 Å². The minimum atomic E-state index is -0.405. The van der Waals surface area contributed by atoms with E-state index < -0.39 is 5.60 Å². The van der Waals surface area contributed by atoms with Gasteiger partial charge in [-0.1, -0.05) is 25.4 Å². The number of aliphatic hydroxyl groups excluding tert-OH is 1. The number of fused-ring (bicyclic) bond motifs is 1. The first-order valence-corrected chi connectivity index (χ1v) is 9.09. The molecule has 0 saturated heterocycles. The molecular formula is C20H29ClO3. The molecule has 1 aromatic carbocycles. The third kappa shape index (κ3) is 4.07. The molecule has 3 nitrogen and oxygen atoms in total. The van der Waals surface area contributed by atoms with Crippen molar-refractivity contribution in [3.05, 3.63) is 28.3 Å². The summed E-state index contributed by atoms with van der Waals surface area (Å²) in [5, 5.41) is 9.74. The average Bonchev–Trinajstić information content (AvgIpc) is 2.47. The molecule has 0 spiro atoms. The predicted octanol–water partition coefficient (Wildman–Crippen LogP) is 5.26. The molecule has 0 saturated carbocycles. The number of rotatable bonds is 6. The van der Waals surface area contributed by atoms with E-state index in [-0.39, 0.29) is 12.7 Å². The van der Waals surface area contributed by atoms with Crippen LogP contribution in [0.15, 0.2) is 12.1 Å². The number of aryl methyl sites for hydroxylation is 1. The van der Waals surface area contributed by atoms with Crippen molar-refractivity contribution >= 4 is 17.2 Å². The fraction of sp³-hybridized carbons (Fsp3) is 0.600. The lowest BCUT2D eigenvalue weighted by Crippen LogP contribution is -2.30. The summed E-state index contributed by atoms with van der Waals surface area (Å²) in [6.07, 6.45) is 3.59. The molecule has 2 rings (SSSR count). The quantitative estimate of drug-likeness (QED) is 0.758. The van der Waals surface area contributed by atoms with Crippen LogP contribution in [0.25, 0.3) is 5.57 Å². The summed E-state index contributed by atoms with van der Waals surface area (Å²) in [6, 6.07) is 2.12. The SMILES string of the molecule is CC(C)Oc1c(CCCO)cc2c(c1Cl)OC(C)(C)C=C2C(C)C. The minimum Gasteiger partial charge on any atom is -0.489 e. The van der Waals surface area contributed by atoms with Crippen LogP contribution in [0.2, 0.25) is 5.02 Å². The number of hydrogen-bond acceptors (Lipinski definition) is 3. The Bertz CT molecular complexity index is 630. The van der Waals surface area contributed by atoms with Crippen molar-refractivity contribution in [3.63, 3.8) is 0 Å². The fourth-order valence-electron chi connectivity index (χ4n) is 3.02. The molecule has 1 aromatic rings. The minimum absolute atomic E-state index is 0.0186. The Hall–Kier alpha value is -1.19. The van der Waals surface area contributed by atoms with Gasteiger partial charge in [0.25, 0.3) is 0 Å². The number of benzene rings is 1. The Labute approximate surface area is 150 Å². The van der Waals surface area contributed by atoms with E-state index in [1.165, 1.54) is 5.57 Å². The Morgan fingerprint density at radius 1 is 1.25 bits per heavy atom. The van der Waals surface area contributed by atoms with Crippen LogP contribution >= 0.6 is 11.6 Å². The monoisotopic (exact) mass is 352 g/mol. The van der Waals surface area contributed by atoms with E-state index in [2.05, 4.69) is 26.0 Å². The van der Waals surface area contributed by atoms with Crippen LogP contribution in [0, 0.1) is 5.92 Å². The van der Waals surface area contributed by atoms with E-state index in [9.17, 15) is 5.11 Å². The zero-order valence-electron chi connectivity index (χ0n) is 15.6. The maximum atomic E-state index is 9.21. The van der Waals surface area contributed by atoms with Gasteiger partial charge in [-0.15, -0.1) is 0 Å². The van der Waals surface area contributed by atoms with Gasteiger partial charge in [0.15, 0.2) is 5.75 Å². The van der Waals surface area contributed by atoms with Crippen molar-refractivity contribution in [1.82, 2.24) is 0 Å². The summed E-state index contributed by atoms with van der Waals surface area (Å²) in [5.74, 6) is 1.75. The van der Waals surface area contributed by atoms with E-state index in [0.29, 0.717) is 28.9 Å². The van der Waals surface area contributed by atoms with Crippen LogP contribution in [0.3, 0.4) is 0 Å². The molecule has 0 amide bonds. The molecule has 134 valence electrons. The van der Waals surface area contributed by atoms with Crippen LogP contribution in [0.5, 0.6) is 11.5 Å². The second kappa shape index (κ2) is 7.37. The van der Waals surface area contributed by atoms with Crippen LogP contribution < -0.4 is 9.47 Å². The lowest BCUT2D eigenvalue weighted by molar-refractivity contribution is 0.155. The van der Waals surface area contributed by atoms with Crippen molar-refractivity contribution < 1.29 is 14.6 Å². The van der Waals surface area contributed by atoms with Crippen LogP contribution in [-0.4, -0.2) is 23.4 Å². The molecule has 0 bridgehead atoms. The lowest BCUT2D eigenvalue weighted by atomic mass is 9.86. The third-order valence-corrected chi connectivity index (χ3v) is 4.36. The molecule has 0 aliphatic carbocycles. The molecule has 1 aliphatic rings. The van der Waals surface area contributed by atoms with E-state index >= 15 is 0 Å². The largest absolute Gasteiger partial charge is 0.489 e. The smallest absolute Gasteiger partial charge is 0.150 e. The topological polar surface area (TPSA) is 38.7 Å². The summed E-state index contributed by atoms with van der Waals surface area (Å²) in [5.41, 5.74) is 2.90. The van der Waals surface area contributed by atoms with Crippen LogP contribution in [0.1, 0.15) is 59.1 Å². The second-order valence-electron chi connectivity index (χ2n) is 7.51. The predicted molar refractivity (Wildman–Crippen MR) is 100 cm³/mol. The fourth-order valence-corrected chi connectivity index (χ4v) is 3.33. The van der Waals surface area contributed by atoms with Crippen molar-refractivity contribution in [2.45, 2.75) is 66.1 Å². The Balaban J connectivity index is 2.64. The molecule has 0 unspecified atom stereocenters. The zero-order valence-corrected chi connectivity index (χ0v) is 16.3. The van der Waals surface area contributed by atoms with Crippen molar-refractivity contribution in [1.29, 1.82) is 0 Å². The van der Waals surface area contributed by atoms with Gasteiger partial charge in [-0.25, -0.2) is 0 Å². The molecule has 1 heterocycles. The number of ether oxygens (including phenoxy) is 2. The van der Waals surface area contributed by atoms with Gasteiger partial charge in [-0.3, -0.25) is 0 Å². The molecule has 4 heteroatoms. The highest BCUT2D eigenvalue weighted by atomic mass is 35.5. The number of halogens is 1. The van der Waals surface area contributed by atoms with Gasteiger partial charge in [-0.05, 0) is 69.7 Å². The van der Waals surface area contributed by atoms with Gasteiger partial charge in [0, 0.05) is 12.2 Å². The highest BCUT2D eigenvalue weighted by Crippen LogP contribution is 2.49. The van der Waals surface area contributed by atoms with Gasteiger partial charge in [0.1, 0.15) is 16.4 Å². The van der Waals surface area contributed by atoms with Gasteiger partial charge in [0.2, 0.25) is 0 Å². The molecule has 1 N–H and O–H groups in total. The molecule has 0 fully saturated rings. The standard InChI is InChI=1S/C20H29ClO3/c1-12(2)16-11-20(5,6)24-19-15(16)10-14(8-7-9-22)18(17(19)21)23-13(3)4/h10-13,22H,7-9H2,1-6H3.